The number of nitrogens with zero attached hydrogens (tertiary/aromatic N) is 1. The van der Waals surface area contributed by atoms with Crippen LogP contribution < -0.4 is 0 Å². The van der Waals surface area contributed by atoms with Gasteiger partial charge in [-0.2, -0.15) is 0 Å². The molecule has 1 N–H and O–H groups in total. The zero-order valence-electron chi connectivity index (χ0n) is 8.12. The molecule has 1 rings (SSSR count). The molecular formula is C10H12FNO2. The van der Waals surface area contributed by atoms with Gasteiger partial charge in [0.2, 0.25) is 0 Å². The lowest BCUT2D eigenvalue weighted by Gasteiger charge is -2.09. The summed E-state index contributed by atoms with van der Waals surface area (Å²) in [6.07, 6.45) is 0. The Morgan fingerprint density at radius 3 is 2.64 bits per heavy atom. The zero-order chi connectivity index (χ0) is 10.7. The molecule has 0 bridgehead atoms. The molecule has 0 spiro atoms. The number of hydrogen-bond acceptors (Lipinski definition) is 3. The molecule has 0 radical (unpaired) electrons. The number of carbonyl (C=O) groups excluding carboxylic acids is 1. The number of Topliss-reactive ketones (excluding diaryl/α,β-unsaturated/α-hetero) is 1. The molecule has 1 aromatic carbocycles. The van der Waals surface area contributed by atoms with Crippen molar-refractivity contribution in [3.8, 4) is 5.75 Å². The highest BCUT2D eigenvalue weighted by atomic mass is 19.1. The number of rotatable bonds is 3. The lowest BCUT2D eigenvalue weighted by molar-refractivity contribution is 0.0955. The average Bonchev–Trinajstić information content (AvgIpc) is 2.01. The highest BCUT2D eigenvalue weighted by molar-refractivity contribution is 5.99. The quantitative estimate of drug-likeness (QED) is 0.742. The minimum atomic E-state index is -0.552. The van der Waals surface area contributed by atoms with Gasteiger partial charge in [0.05, 0.1) is 12.1 Å². The van der Waals surface area contributed by atoms with Crippen molar-refractivity contribution in [1.29, 1.82) is 0 Å². The van der Waals surface area contributed by atoms with Gasteiger partial charge in [-0.3, -0.25) is 4.79 Å². The van der Waals surface area contributed by atoms with Crippen LogP contribution in [0, 0.1) is 5.82 Å². The number of aromatic hydroxyl groups is 1. The number of phenolic OH excluding ortho intramolecular Hbond substituents is 1. The molecule has 0 atom stereocenters. The molecule has 0 saturated carbocycles. The molecule has 0 fully saturated rings. The van der Waals surface area contributed by atoms with E-state index in [0.717, 1.165) is 12.1 Å². The standard InChI is InChI=1S/C10H12FNO2/c1-12(2)6-10(14)8-4-3-7(11)5-9(8)13/h3-5,13H,6H2,1-2H3. The molecule has 0 aliphatic heterocycles. The zero-order valence-corrected chi connectivity index (χ0v) is 8.12. The molecule has 0 heterocycles. The average molecular weight is 197 g/mol. The fourth-order valence-electron chi connectivity index (χ4n) is 1.11. The highest BCUT2D eigenvalue weighted by Crippen LogP contribution is 2.18. The number of hydrogen-bond donors (Lipinski definition) is 1. The molecule has 0 amide bonds. The Kier molecular flexibility index (Phi) is 3.19. The maximum Gasteiger partial charge on any atom is 0.180 e. The van der Waals surface area contributed by atoms with Gasteiger partial charge >= 0.3 is 0 Å². The second kappa shape index (κ2) is 4.19. The maximum absolute atomic E-state index is 12.6. The van der Waals surface area contributed by atoms with Crippen LogP contribution >= 0.6 is 0 Å². The van der Waals surface area contributed by atoms with Crippen molar-refractivity contribution in [2.75, 3.05) is 20.6 Å². The van der Waals surface area contributed by atoms with E-state index < -0.39 is 5.82 Å². The smallest absolute Gasteiger partial charge is 0.180 e. The van der Waals surface area contributed by atoms with E-state index >= 15 is 0 Å². The van der Waals surface area contributed by atoms with Crippen LogP contribution in [0.1, 0.15) is 10.4 Å². The minimum absolute atomic E-state index is 0.153. The van der Waals surface area contributed by atoms with Crippen molar-refractivity contribution in [1.82, 2.24) is 4.90 Å². The van der Waals surface area contributed by atoms with Gasteiger partial charge in [0.1, 0.15) is 11.6 Å². The second-order valence-electron chi connectivity index (χ2n) is 3.32. The van der Waals surface area contributed by atoms with Crippen LogP contribution in [0.25, 0.3) is 0 Å². The number of ketones is 1. The summed E-state index contributed by atoms with van der Waals surface area (Å²) in [5.41, 5.74) is 0.153. The first-order valence-electron chi connectivity index (χ1n) is 4.17. The van der Waals surface area contributed by atoms with Crippen molar-refractivity contribution in [2.24, 2.45) is 0 Å². The van der Waals surface area contributed by atoms with Crippen LogP contribution in [0.3, 0.4) is 0 Å². The van der Waals surface area contributed by atoms with Gasteiger partial charge in [0.25, 0.3) is 0 Å². The van der Waals surface area contributed by atoms with E-state index in [4.69, 9.17) is 0 Å². The van der Waals surface area contributed by atoms with Gasteiger partial charge < -0.3 is 10.0 Å². The van der Waals surface area contributed by atoms with Crippen LogP contribution in [0.15, 0.2) is 18.2 Å². The molecule has 3 nitrogen and oxygen atoms in total. The lowest BCUT2D eigenvalue weighted by atomic mass is 10.1. The summed E-state index contributed by atoms with van der Waals surface area (Å²) in [6, 6.07) is 3.38. The van der Waals surface area contributed by atoms with Crippen LogP contribution in [0.4, 0.5) is 4.39 Å². The molecule has 0 aromatic heterocycles. The Bertz CT molecular complexity index is 350. The van der Waals surface area contributed by atoms with Gasteiger partial charge in [0, 0.05) is 6.07 Å². The molecule has 0 unspecified atom stereocenters. The summed E-state index contributed by atoms with van der Waals surface area (Å²) in [7, 11) is 3.50. The predicted molar refractivity (Wildman–Crippen MR) is 50.9 cm³/mol. The normalized spacial score (nSPS) is 10.6. The van der Waals surface area contributed by atoms with Gasteiger partial charge in [0.15, 0.2) is 5.78 Å². The fourth-order valence-corrected chi connectivity index (χ4v) is 1.11. The third-order valence-corrected chi connectivity index (χ3v) is 1.72. The number of halogens is 1. The fraction of sp³-hybridized carbons (Fsp3) is 0.300. The summed E-state index contributed by atoms with van der Waals surface area (Å²) in [5.74, 6) is -1.09. The molecule has 0 aliphatic rings. The van der Waals surface area contributed by atoms with Gasteiger partial charge in [-0.05, 0) is 26.2 Å². The van der Waals surface area contributed by atoms with Crippen molar-refractivity contribution in [3.05, 3.63) is 29.6 Å². The monoisotopic (exact) mass is 197 g/mol. The van der Waals surface area contributed by atoms with E-state index in [1.807, 2.05) is 0 Å². The first kappa shape index (κ1) is 10.7. The van der Waals surface area contributed by atoms with Crippen LogP contribution in [-0.4, -0.2) is 36.4 Å². The third-order valence-electron chi connectivity index (χ3n) is 1.72. The van der Waals surface area contributed by atoms with Gasteiger partial charge in [-0.15, -0.1) is 0 Å². The van der Waals surface area contributed by atoms with E-state index in [2.05, 4.69) is 0 Å². The molecule has 14 heavy (non-hydrogen) atoms. The Balaban J connectivity index is 2.90. The topological polar surface area (TPSA) is 40.5 Å². The first-order chi connectivity index (χ1) is 6.50. The SMILES string of the molecule is CN(C)CC(=O)c1ccc(F)cc1O. The molecule has 76 valence electrons. The van der Waals surface area contributed by atoms with Crippen molar-refractivity contribution in [2.45, 2.75) is 0 Å². The van der Waals surface area contributed by atoms with Crippen molar-refractivity contribution >= 4 is 5.78 Å². The Hall–Kier alpha value is -1.42. The summed E-state index contributed by atoms with van der Waals surface area (Å²) >= 11 is 0. The summed E-state index contributed by atoms with van der Waals surface area (Å²) in [6.45, 7) is 0.194. The van der Waals surface area contributed by atoms with Gasteiger partial charge in [-0.25, -0.2) is 4.39 Å². The lowest BCUT2D eigenvalue weighted by Crippen LogP contribution is -2.21. The molecular weight excluding hydrogens is 185 g/mol. The summed E-state index contributed by atoms with van der Waals surface area (Å²) in [5, 5.41) is 9.30. The van der Waals surface area contributed by atoms with E-state index in [1.54, 1.807) is 19.0 Å². The number of benzene rings is 1. The maximum atomic E-state index is 12.6. The second-order valence-corrected chi connectivity index (χ2v) is 3.32. The third kappa shape index (κ3) is 2.53. The van der Waals surface area contributed by atoms with Crippen molar-refractivity contribution < 1.29 is 14.3 Å². The Morgan fingerprint density at radius 2 is 2.14 bits per heavy atom. The predicted octanol–water partition coefficient (Wildman–Crippen LogP) is 1.28. The number of likely N-dealkylation sites (N-methyl/N-ethyl adjacent to an activating group) is 1. The van der Waals surface area contributed by atoms with E-state index in [0.29, 0.717) is 0 Å². The Labute approximate surface area is 81.8 Å². The van der Waals surface area contributed by atoms with Gasteiger partial charge in [-0.1, -0.05) is 0 Å². The first-order valence-corrected chi connectivity index (χ1v) is 4.17. The molecule has 4 heteroatoms. The molecule has 0 aliphatic carbocycles. The minimum Gasteiger partial charge on any atom is -0.507 e. The highest BCUT2D eigenvalue weighted by Gasteiger charge is 2.12. The molecule has 0 saturated heterocycles. The van der Waals surface area contributed by atoms with E-state index in [9.17, 15) is 14.3 Å². The number of phenols is 1. The largest absolute Gasteiger partial charge is 0.507 e. The van der Waals surface area contributed by atoms with E-state index in [-0.39, 0.29) is 23.6 Å². The van der Waals surface area contributed by atoms with E-state index in [1.165, 1.54) is 6.07 Å². The molecule has 1 aromatic rings. The van der Waals surface area contributed by atoms with Crippen LogP contribution in [0.5, 0.6) is 5.75 Å². The Morgan fingerprint density at radius 1 is 1.50 bits per heavy atom. The summed E-state index contributed by atoms with van der Waals surface area (Å²) < 4.78 is 12.6. The number of carbonyl (C=O) groups is 1. The summed E-state index contributed by atoms with van der Waals surface area (Å²) in [4.78, 5) is 13.1. The van der Waals surface area contributed by atoms with Crippen molar-refractivity contribution in [3.63, 3.8) is 0 Å². The van der Waals surface area contributed by atoms with Crippen LogP contribution in [0.2, 0.25) is 0 Å². The van der Waals surface area contributed by atoms with Crippen LogP contribution in [-0.2, 0) is 0 Å².